The second-order valence-corrected chi connectivity index (χ2v) is 6.65. The Bertz CT molecular complexity index is 665. The number of hydrogen-bond donors (Lipinski definition) is 1. The molecule has 0 spiro atoms. The van der Waals surface area contributed by atoms with Crippen LogP contribution in [0.1, 0.15) is 37.3 Å². The number of halogens is 1. The fourth-order valence-electron chi connectivity index (χ4n) is 2.47. The molecular formula is C21H29ClN2O3. The summed E-state index contributed by atoms with van der Waals surface area (Å²) in [7, 11) is 1.65. The summed E-state index contributed by atoms with van der Waals surface area (Å²) >= 11 is 5.80. The lowest BCUT2D eigenvalue weighted by Gasteiger charge is -2.13. The molecule has 0 radical (unpaired) electrons. The predicted molar refractivity (Wildman–Crippen MR) is 109 cm³/mol. The average molecular weight is 393 g/mol. The molecule has 1 aromatic carbocycles. The molecule has 1 N–H and O–H groups in total. The van der Waals surface area contributed by atoms with Crippen LogP contribution < -0.4 is 14.8 Å². The smallest absolute Gasteiger partial charge is 0.161 e. The third-order valence-corrected chi connectivity index (χ3v) is 4.25. The molecule has 0 aliphatic heterocycles. The number of hydrogen-bond acceptors (Lipinski definition) is 5. The lowest BCUT2D eigenvalue weighted by molar-refractivity contribution is 0.129. The normalized spacial score (nSPS) is 10.8. The number of ether oxygens (including phenoxy) is 3. The van der Waals surface area contributed by atoms with E-state index >= 15 is 0 Å². The molecule has 0 aliphatic rings. The zero-order chi connectivity index (χ0) is 19.3. The Balaban J connectivity index is 1.75. The number of rotatable bonds is 13. The van der Waals surface area contributed by atoms with E-state index in [4.69, 9.17) is 25.8 Å². The Hall–Kier alpha value is -1.82. The minimum absolute atomic E-state index is 0.413. The molecule has 27 heavy (non-hydrogen) atoms. The molecular weight excluding hydrogens is 364 g/mol. The van der Waals surface area contributed by atoms with Crippen molar-refractivity contribution in [3.63, 3.8) is 0 Å². The van der Waals surface area contributed by atoms with Gasteiger partial charge in [-0.05, 0) is 43.1 Å². The van der Waals surface area contributed by atoms with Crippen LogP contribution in [0.4, 0.5) is 0 Å². The van der Waals surface area contributed by atoms with Gasteiger partial charge < -0.3 is 19.5 Å². The van der Waals surface area contributed by atoms with Crippen molar-refractivity contribution in [1.82, 2.24) is 10.3 Å². The van der Waals surface area contributed by atoms with Crippen LogP contribution in [0.5, 0.6) is 11.5 Å². The second kappa shape index (κ2) is 12.5. The van der Waals surface area contributed by atoms with Crippen LogP contribution in [-0.2, 0) is 17.9 Å². The highest BCUT2D eigenvalue weighted by Gasteiger charge is 2.06. The van der Waals surface area contributed by atoms with Gasteiger partial charge in [-0.25, -0.2) is 4.98 Å². The Morgan fingerprint density at radius 3 is 2.59 bits per heavy atom. The van der Waals surface area contributed by atoms with Crippen LogP contribution in [0.3, 0.4) is 0 Å². The summed E-state index contributed by atoms with van der Waals surface area (Å²) in [5, 5.41) is 3.90. The van der Waals surface area contributed by atoms with Gasteiger partial charge in [-0.1, -0.05) is 37.1 Å². The summed E-state index contributed by atoms with van der Waals surface area (Å²) in [4.78, 5) is 4.05. The molecule has 5 nitrogen and oxygen atoms in total. The van der Waals surface area contributed by atoms with E-state index in [0.717, 1.165) is 56.0 Å². The van der Waals surface area contributed by atoms with E-state index in [9.17, 15) is 0 Å². The Kier molecular flexibility index (Phi) is 9.98. The van der Waals surface area contributed by atoms with Crippen molar-refractivity contribution >= 4 is 11.6 Å². The topological polar surface area (TPSA) is 52.6 Å². The zero-order valence-electron chi connectivity index (χ0n) is 16.2. The quantitative estimate of drug-likeness (QED) is 0.398. The Morgan fingerprint density at radius 1 is 1.04 bits per heavy atom. The van der Waals surface area contributed by atoms with Crippen LogP contribution in [-0.4, -0.2) is 31.9 Å². The van der Waals surface area contributed by atoms with Crippen LogP contribution in [0.2, 0.25) is 5.15 Å². The average Bonchev–Trinajstić information content (AvgIpc) is 2.70. The van der Waals surface area contributed by atoms with Crippen molar-refractivity contribution in [2.24, 2.45) is 0 Å². The third kappa shape index (κ3) is 8.16. The molecule has 1 aromatic heterocycles. The lowest BCUT2D eigenvalue weighted by atomic mass is 10.2. The molecule has 0 atom stereocenters. The van der Waals surface area contributed by atoms with Crippen LogP contribution >= 0.6 is 11.6 Å². The lowest BCUT2D eigenvalue weighted by Crippen LogP contribution is -2.16. The Labute approximate surface area is 167 Å². The highest BCUT2D eigenvalue weighted by atomic mass is 35.5. The molecule has 0 fully saturated rings. The summed E-state index contributed by atoms with van der Waals surface area (Å²) in [6.45, 7) is 5.97. The SMILES string of the molecule is CCCCOCCCNCc1ccc(OCc2ccc(Cl)nc2)c(OC)c1. The molecule has 0 unspecified atom stereocenters. The first-order chi connectivity index (χ1) is 13.2. The van der Waals surface area contributed by atoms with Gasteiger partial charge in [0, 0.05) is 31.5 Å². The number of nitrogens with one attached hydrogen (secondary N) is 1. The van der Waals surface area contributed by atoms with E-state index in [1.165, 1.54) is 6.42 Å². The molecule has 0 aliphatic carbocycles. The van der Waals surface area contributed by atoms with Crippen LogP contribution in [0.25, 0.3) is 0 Å². The van der Waals surface area contributed by atoms with Crippen LogP contribution in [0, 0.1) is 0 Å². The number of benzene rings is 1. The van der Waals surface area contributed by atoms with E-state index in [1.807, 2.05) is 24.3 Å². The molecule has 6 heteroatoms. The van der Waals surface area contributed by atoms with Gasteiger partial charge in [-0.3, -0.25) is 0 Å². The summed E-state index contributed by atoms with van der Waals surface area (Å²) in [5.41, 5.74) is 2.10. The largest absolute Gasteiger partial charge is 0.493 e. The molecule has 0 amide bonds. The highest BCUT2D eigenvalue weighted by molar-refractivity contribution is 6.29. The maximum atomic E-state index is 5.85. The monoisotopic (exact) mass is 392 g/mol. The van der Waals surface area contributed by atoms with Gasteiger partial charge >= 0.3 is 0 Å². The van der Waals surface area contributed by atoms with E-state index in [2.05, 4.69) is 17.2 Å². The molecule has 148 valence electrons. The summed E-state index contributed by atoms with van der Waals surface area (Å²) in [6.07, 6.45) is 5.03. The van der Waals surface area contributed by atoms with Gasteiger partial charge in [-0.2, -0.15) is 0 Å². The molecule has 0 bridgehead atoms. The van der Waals surface area contributed by atoms with Crippen LogP contribution in [0.15, 0.2) is 36.5 Å². The summed E-state index contributed by atoms with van der Waals surface area (Å²) in [6, 6.07) is 9.63. The fraction of sp³-hybridized carbons (Fsp3) is 0.476. The van der Waals surface area contributed by atoms with Gasteiger partial charge in [0.25, 0.3) is 0 Å². The van der Waals surface area contributed by atoms with Gasteiger partial charge in [0.2, 0.25) is 0 Å². The number of methoxy groups -OCH3 is 1. The molecule has 2 rings (SSSR count). The van der Waals surface area contributed by atoms with Crippen molar-refractivity contribution in [2.75, 3.05) is 26.9 Å². The van der Waals surface area contributed by atoms with Gasteiger partial charge in [0.15, 0.2) is 11.5 Å². The molecule has 0 saturated heterocycles. The fourth-order valence-corrected chi connectivity index (χ4v) is 2.59. The highest BCUT2D eigenvalue weighted by Crippen LogP contribution is 2.28. The minimum atomic E-state index is 0.413. The summed E-state index contributed by atoms with van der Waals surface area (Å²) in [5.74, 6) is 1.43. The van der Waals surface area contributed by atoms with E-state index < -0.39 is 0 Å². The first-order valence-corrected chi connectivity index (χ1v) is 9.79. The van der Waals surface area contributed by atoms with E-state index in [0.29, 0.717) is 17.5 Å². The number of unbranched alkanes of at least 4 members (excludes halogenated alkanes) is 1. The van der Waals surface area contributed by atoms with Gasteiger partial charge in [0.1, 0.15) is 11.8 Å². The number of aromatic nitrogens is 1. The first kappa shape index (κ1) is 21.5. The zero-order valence-corrected chi connectivity index (χ0v) is 16.9. The van der Waals surface area contributed by atoms with Gasteiger partial charge in [0.05, 0.1) is 7.11 Å². The maximum absolute atomic E-state index is 5.85. The molecule has 0 saturated carbocycles. The van der Waals surface area contributed by atoms with Crippen molar-refractivity contribution in [3.05, 3.63) is 52.8 Å². The van der Waals surface area contributed by atoms with E-state index in [-0.39, 0.29) is 0 Å². The van der Waals surface area contributed by atoms with Crippen molar-refractivity contribution < 1.29 is 14.2 Å². The van der Waals surface area contributed by atoms with E-state index in [1.54, 1.807) is 19.4 Å². The Morgan fingerprint density at radius 2 is 1.85 bits per heavy atom. The standard InChI is InChI=1S/C21H29ClN2O3/c1-3-4-11-26-12-5-10-23-14-17-6-8-19(20(13-17)25-2)27-16-18-7-9-21(22)24-15-18/h6-9,13,15,23H,3-5,10-12,14,16H2,1-2H3. The minimum Gasteiger partial charge on any atom is -0.493 e. The summed E-state index contributed by atoms with van der Waals surface area (Å²) < 4.78 is 16.9. The van der Waals surface area contributed by atoms with Crippen molar-refractivity contribution in [2.45, 2.75) is 39.3 Å². The third-order valence-electron chi connectivity index (χ3n) is 4.02. The van der Waals surface area contributed by atoms with Crippen molar-refractivity contribution in [1.29, 1.82) is 0 Å². The number of nitrogens with zero attached hydrogens (tertiary/aromatic N) is 1. The first-order valence-electron chi connectivity index (χ1n) is 9.41. The van der Waals surface area contributed by atoms with Crippen molar-refractivity contribution in [3.8, 4) is 11.5 Å². The number of pyridine rings is 1. The second-order valence-electron chi connectivity index (χ2n) is 6.26. The van der Waals surface area contributed by atoms with Gasteiger partial charge in [-0.15, -0.1) is 0 Å². The molecule has 2 aromatic rings. The predicted octanol–water partition coefficient (Wildman–Crippen LogP) is 4.62. The maximum Gasteiger partial charge on any atom is 0.161 e. The molecule has 1 heterocycles.